The molecular weight excluding hydrogens is 452 g/mol. The van der Waals surface area contributed by atoms with Gasteiger partial charge < -0.3 is 10.0 Å². The molecule has 2 aliphatic rings. The molecule has 170 valence electrons. The minimum Gasteiger partial charge on any atom is -0.465 e. The fourth-order valence-corrected chi connectivity index (χ4v) is 5.36. The smallest absolute Gasteiger partial charge is 0.410 e. The number of nitrogens with two attached hydrogens (primary N) is 1. The Bertz CT molecular complexity index is 1570. The van der Waals surface area contributed by atoms with Gasteiger partial charge in [0.05, 0.1) is 11.4 Å². The maximum atomic E-state index is 12.3. The van der Waals surface area contributed by atoms with Crippen LogP contribution in [0, 0.1) is 5.41 Å². The van der Waals surface area contributed by atoms with Crippen LogP contribution in [0.1, 0.15) is 16.7 Å². The highest BCUT2D eigenvalue weighted by Gasteiger charge is 2.42. The SMILES string of the molecule is N=C(NC(=O)O)c1cccc2ccc(CN3c4ccc(-c5ccccc5)c3c4S(N)(=O)=O)cc12. The van der Waals surface area contributed by atoms with E-state index in [2.05, 4.69) is 5.32 Å². The third kappa shape index (κ3) is 3.66. The fourth-order valence-electron chi connectivity index (χ4n) is 4.40. The van der Waals surface area contributed by atoms with Crippen molar-refractivity contribution in [3.05, 3.63) is 112 Å². The molecule has 0 saturated heterocycles. The van der Waals surface area contributed by atoms with Crippen LogP contribution in [0.5, 0.6) is 0 Å². The van der Waals surface area contributed by atoms with E-state index in [0.717, 1.165) is 27.5 Å². The number of allylic oxidation sites excluding steroid dienone is 3. The molecule has 2 heterocycles. The number of rotatable bonds is 5. The van der Waals surface area contributed by atoms with Gasteiger partial charge in [-0.1, -0.05) is 66.7 Å². The molecule has 0 saturated carbocycles. The van der Waals surface area contributed by atoms with Crippen LogP contribution in [0.25, 0.3) is 16.3 Å². The number of carboxylic acid groups (broad SMARTS) is 1. The predicted octanol–water partition coefficient (Wildman–Crippen LogP) is 3.73. The number of hydrogen-bond donors (Lipinski definition) is 4. The minimum absolute atomic E-state index is 0.128. The zero-order valence-electron chi connectivity index (χ0n) is 17.8. The number of fused-ring (bicyclic) bond motifs is 3. The third-order valence-corrected chi connectivity index (χ3v) is 6.80. The lowest BCUT2D eigenvalue weighted by atomic mass is 9.90. The first kappa shape index (κ1) is 21.6. The molecule has 0 aliphatic carbocycles. The summed E-state index contributed by atoms with van der Waals surface area (Å²) in [6, 6.07) is 20.6. The highest BCUT2D eigenvalue weighted by atomic mass is 32.2. The number of amidine groups is 1. The average molecular weight is 473 g/mol. The van der Waals surface area contributed by atoms with Crippen LogP contribution < -0.4 is 10.5 Å². The zero-order valence-corrected chi connectivity index (χ0v) is 18.6. The first-order chi connectivity index (χ1) is 16.2. The molecular formula is C25H20N4O4S. The lowest BCUT2D eigenvalue weighted by Gasteiger charge is -2.43. The molecule has 0 atom stereocenters. The van der Waals surface area contributed by atoms with Crippen molar-refractivity contribution in [3.63, 3.8) is 0 Å². The molecule has 0 radical (unpaired) electrons. The number of benzene rings is 3. The second-order valence-electron chi connectivity index (χ2n) is 7.97. The highest BCUT2D eigenvalue weighted by molar-refractivity contribution is 7.93. The van der Waals surface area contributed by atoms with Crippen molar-refractivity contribution < 1.29 is 18.3 Å². The van der Waals surface area contributed by atoms with E-state index >= 15 is 0 Å². The number of sulfonamides is 1. The summed E-state index contributed by atoms with van der Waals surface area (Å²) < 4.78 is 24.7. The molecule has 5 N–H and O–H groups in total. The first-order valence-corrected chi connectivity index (χ1v) is 11.9. The van der Waals surface area contributed by atoms with E-state index in [9.17, 15) is 13.2 Å². The van der Waals surface area contributed by atoms with Crippen LogP contribution in [0.3, 0.4) is 0 Å². The number of amides is 1. The molecule has 9 heteroatoms. The first-order valence-electron chi connectivity index (χ1n) is 10.4. The summed E-state index contributed by atoms with van der Waals surface area (Å²) in [4.78, 5) is 13.1. The molecule has 5 rings (SSSR count). The van der Waals surface area contributed by atoms with Crippen LogP contribution in [0.15, 0.2) is 95.2 Å². The zero-order chi connectivity index (χ0) is 24.0. The third-order valence-electron chi connectivity index (χ3n) is 5.83. The van der Waals surface area contributed by atoms with Gasteiger partial charge in [0.25, 0.3) is 0 Å². The lowest BCUT2D eigenvalue weighted by molar-refractivity contribution is 0.200. The van der Waals surface area contributed by atoms with Gasteiger partial charge in [-0.15, -0.1) is 0 Å². The molecule has 3 aromatic carbocycles. The highest BCUT2D eigenvalue weighted by Crippen LogP contribution is 2.48. The monoisotopic (exact) mass is 472 g/mol. The molecule has 0 spiro atoms. The summed E-state index contributed by atoms with van der Waals surface area (Å²) in [5.74, 6) is -0.215. The Morgan fingerprint density at radius 3 is 2.50 bits per heavy atom. The Hall–Kier alpha value is -4.21. The molecule has 2 bridgehead atoms. The van der Waals surface area contributed by atoms with Crippen LogP contribution in [-0.2, 0) is 16.6 Å². The second kappa shape index (κ2) is 7.98. The molecule has 34 heavy (non-hydrogen) atoms. The fraction of sp³-hybridized carbons (Fsp3) is 0.0400. The Kier molecular flexibility index (Phi) is 5.07. The van der Waals surface area contributed by atoms with Crippen LogP contribution >= 0.6 is 0 Å². The van der Waals surface area contributed by atoms with Gasteiger partial charge in [0, 0.05) is 17.7 Å². The number of primary sulfonamides is 1. The summed E-state index contributed by atoms with van der Waals surface area (Å²) in [5, 5.41) is 26.3. The Balaban J connectivity index is 1.54. The summed E-state index contributed by atoms with van der Waals surface area (Å²) in [5.41, 5.74) is 4.07. The maximum absolute atomic E-state index is 12.3. The van der Waals surface area contributed by atoms with E-state index in [0.29, 0.717) is 23.5 Å². The molecule has 0 aromatic heterocycles. The quantitative estimate of drug-likeness (QED) is 0.331. The number of nitrogens with one attached hydrogen (secondary N) is 2. The van der Waals surface area contributed by atoms with Gasteiger partial charge in [-0.2, -0.15) is 0 Å². The standard InChI is InChI=1S/C25H20N4O4S/c26-24(28-25(30)31)19-8-4-7-17-10-9-15(13-20(17)19)14-29-21-12-11-18(16-5-2-1-3-6-16)22(29)23(21)34(27,32)33/h1-13H,14H2,(H2,26,28)(H,30,31)(H2,27,32,33). The molecule has 0 fully saturated rings. The maximum Gasteiger partial charge on any atom is 0.410 e. The van der Waals surface area contributed by atoms with Gasteiger partial charge in [-0.25, -0.2) is 18.4 Å². The molecule has 3 aromatic rings. The Labute approximate surface area is 195 Å². The second-order valence-corrected chi connectivity index (χ2v) is 9.47. The van der Waals surface area contributed by atoms with Gasteiger partial charge in [-0.05, 0) is 34.0 Å². The van der Waals surface area contributed by atoms with Gasteiger partial charge >= 0.3 is 6.09 Å². The van der Waals surface area contributed by atoms with Gasteiger partial charge in [-0.3, -0.25) is 10.7 Å². The normalized spacial score (nSPS) is 14.9. The molecule has 1 amide bonds. The summed E-state index contributed by atoms with van der Waals surface area (Å²) in [6.07, 6.45) is 2.34. The van der Waals surface area contributed by atoms with Crippen molar-refractivity contribution in [2.24, 2.45) is 5.14 Å². The Morgan fingerprint density at radius 2 is 1.79 bits per heavy atom. The van der Waals surface area contributed by atoms with E-state index in [1.807, 2.05) is 65.6 Å². The summed E-state index contributed by atoms with van der Waals surface area (Å²) >= 11 is 0. The average Bonchev–Trinajstić information content (AvgIpc) is 2.80. The van der Waals surface area contributed by atoms with Crippen LogP contribution in [-0.4, -0.2) is 30.4 Å². The van der Waals surface area contributed by atoms with E-state index in [-0.39, 0.29) is 10.7 Å². The minimum atomic E-state index is -3.92. The molecule has 8 nitrogen and oxygen atoms in total. The van der Waals surface area contributed by atoms with Crippen LogP contribution in [0.2, 0.25) is 0 Å². The molecule has 0 unspecified atom stereocenters. The number of hydrogen-bond acceptors (Lipinski definition) is 5. The number of carbonyl (C=O) groups is 1. The van der Waals surface area contributed by atoms with E-state index < -0.39 is 16.1 Å². The summed E-state index contributed by atoms with van der Waals surface area (Å²) in [7, 11) is -3.92. The van der Waals surface area contributed by atoms with E-state index in [1.54, 1.807) is 18.2 Å². The predicted molar refractivity (Wildman–Crippen MR) is 130 cm³/mol. The van der Waals surface area contributed by atoms with Crippen LogP contribution in [0.4, 0.5) is 4.79 Å². The van der Waals surface area contributed by atoms with Crippen molar-refractivity contribution in [1.29, 1.82) is 5.41 Å². The topological polar surface area (TPSA) is 137 Å². The molecule has 2 aliphatic heterocycles. The van der Waals surface area contributed by atoms with Gasteiger partial charge in [0.1, 0.15) is 10.7 Å². The lowest BCUT2D eigenvalue weighted by Crippen LogP contribution is -2.41. The van der Waals surface area contributed by atoms with Crippen molar-refractivity contribution in [2.45, 2.75) is 6.54 Å². The van der Waals surface area contributed by atoms with Crippen molar-refractivity contribution in [2.75, 3.05) is 0 Å². The largest absolute Gasteiger partial charge is 0.465 e. The number of nitrogens with zero attached hydrogens (tertiary/aromatic N) is 1. The van der Waals surface area contributed by atoms with Crippen molar-refractivity contribution >= 4 is 38.3 Å². The van der Waals surface area contributed by atoms with Crippen molar-refractivity contribution in [3.8, 4) is 0 Å². The van der Waals surface area contributed by atoms with E-state index in [4.69, 9.17) is 15.7 Å². The van der Waals surface area contributed by atoms with E-state index in [1.165, 1.54) is 0 Å². The van der Waals surface area contributed by atoms with Crippen molar-refractivity contribution in [1.82, 2.24) is 10.2 Å². The summed E-state index contributed by atoms with van der Waals surface area (Å²) in [6.45, 7) is 0.383. The van der Waals surface area contributed by atoms with Gasteiger partial charge in [0.15, 0.2) is 0 Å². The van der Waals surface area contributed by atoms with Gasteiger partial charge in [0.2, 0.25) is 10.0 Å². The Morgan fingerprint density at radius 1 is 1.03 bits per heavy atom.